The zero-order valence-corrected chi connectivity index (χ0v) is 7.24. The van der Waals surface area contributed by atoms with E-state index in [1.54, 1.807) is 0 Å². The van der Waals surface area contributed by atoms with E-state index in [-0.39, 0.29) is 26.4 Å². The summed E-state index contributed by atoms with van der Waals surface area (Å²) in [5.41, 5.74) is 0. The summed E-state index contributed by atoms with van der Waals surface area (Å²) in [6, 6.07) is 0. The van der Waals surface area contributed by atoms with Gasteiger partial charge in [-0.15, -0.1) is 0 Å². The van der Waals surface area contributed by atoms with Crippen molar-refractivity contribution in [2.24, 2.45) is 0 Å². The molecule has 0 bridgehead atoms. The molecule has 0 aromatic heterocycles. The second kappa shape index (κ2) is 22.4. The Morgan fingerprint density at radius 2 is 0.833 bits per heavy atom. The summed E-state index contributed by atoms with van der Waals surface area (Å²) < 4.78 is 0. The normalized spacial score (nSPS) is 7.00. The van der Waals surface area contributed by atoms with Crippen molar-refractivity contribution in [1.82, 2.24) is 0 Å². The lowest BCUT2D eigenvalue weighted by atomic mass is 10.8. The predicted octanol–water partition coefficient (Wildman–Crippen LogP) is -1.67. The van der Waals surface area contributed by atoms with Crippen molar-refractivity contribution in [2.45, 2.75) is 0 Å². The Bertz CT molecular complexity index is 66.3. The molecule has 0 spiro atoms. The molecule has 0 aliphatic rings. The van der Waals surface area contributed by atoms with Gasteiger partial charge in [-0.1, -0.05) is 0 Å². The van der Waals surface area contributed by atoms with Crippen molar-refractivity contribution >= 4 is 17.5 Å². The van der Waals surface area contributed by atoms with E-state index in [1.165, 1.54) is 0 Å². The molecule has 0 fully saturated rings. The Labute approximate surface area is 75.3 Å². The summed E-state index contributed by atoms with van der Waals surface area (Å²) in [6.45, 7) is -0.500. The highest BCUT2D eigenvalue weighted by molar-refractivity contribution is 7.79. The number of hydrogen-bond donors (Lipinski definition) is 6. The van der Waals surface area contributed by atoms with E-state index in [4.69, 9.17) is 30.6 Å². The van der Waals surface area contributed by atoms with Crippen LogP contribution in [0.5, 0.6) is 0 Å². The van der Waals surface area contributed by atoms with Gasteiger partial charge in [0.2, 0.25) is 0 Å². The average molecular weight is 202 g/mol. The SMILES string of the molecule is OC(O)=S.OCCO.OCCO. The van der Waals surface area contributed by atoms with Crippen LogP contribution in [0.2, 0.25) is 0 Å². The van der Waals surface area contributed by atoms with E-state index in [0.29, 0.717) is 0 Å². The third-order valence-corrected chi connectivity index (χ3v) is 0.200. The third kappa shape index (κ3) is 296. The molecular formula is C5H14O6S. The maximum atomic E-state index is 7.62. The molecule has 12 heavy (non-hydrogen) atoms. The number of aliphatic hydroxyl groups is 6. The molecular weight excluding hydrogens is 188 g/mol. The smallest absolute Gasteiger partial charge is 0.347 e. The summed E-state index contributed by atoms with van der Waals surface area (Å²) >= 11 is 3.65. The Balaban J connectivity index is -0.000000101. The third-order valence-electron chi connectivity index (χ3n) is 0.200. The minimum absolute atomic E-state index is 0.125. The van der Waals surface area contributed by atoms with Gasteiger partial charge in [-0.2, -0.15) is 0 Å². The maximum absolute atomic E-state index is 7.62. The molecule has 0 radical (unpaired) electrons. The highest BCUT2D eigenvalue weighted by Crippen LogP contribution is 1.47. The molecule has 0 heterocycles. The van der Waals surface area contributed by atoms with Gasteiger partial charge in [0.25, 0.3) is 0 Å². The van der Waals surface area contributed by atoms with Crippen molar-refractivity contribution in [3.8, 4) is 0 Å². The lowest BCUT2D eigenvalue weighted by molar-refractivity contribution is 0.186. The summed E-state index contributed by atoms with van der Waals surface area (Å²) in [4.78, 5) is 0. The van der Waals surface area contributed by atoms with Crippen LogP contribution in [0.15, 0.2) is 0 Å². The molecule has 0 saturated heterocycles. The van der Waals surface area contributed by atoms with Crippen LogP contribution in [0.1, 0.15) is 0 Å². The minimum atomic E-state index is -1.000. The highest BCUT2D eigenvalue weighted by atomic mass is 32.1. The predicted molar refractivity (Wildman–Crippen MR) is 46.2 cm³/mol. The molecule has 0 aliphatic carbocycles. The Morgan fingerprint density at radius 3 is 0.833 bits per heavy atom. The molecule has 0 unspecified atom stereocenters. The molecule has 0 aromatic carbocycles. The Hall–Kier alpha value is -0.470. The zero-order chi connectivity index (χ0) is 10.4. The lowest BCUT2D eigenvalue weighted by Gasteiger charge is -1.70. The first-order chi connectivity index (χ1) is 5.56. The molecule has 0 saturated carbocycles. The molecule has 0 aromatic rings. The van der Waals surface area contributed by atoms with Crippen LogP contribution in [0.3, 0.4) is 0 Å². The van der Waals surface area contributed by atoms with Crippen LogP contribution < -0.4 is 0 Å². The van der Waals surface area contributed by atoms with Crippen molar-refractivity contribution in [1.29, 1.82) is 0 Å². The van der Waals surface area contributed by atoms with Crippen LogP contribution in [0, 0.1) is 0 Å². The first-order valence-corrected chi connectivity index (χ1v) is 3.32. The Morgan fingerprint density at radius 1 is 0.750 bits per heavy atom. The number of rotatable bonds is 2. The molecule has 0 amide bonds. The fraction of sp³-hybridized carbons (Fsp3) is 0.800. The van der Waals surface area contributed by atoms with Crippen LogP contribution in [0.4, 0.5) is 0 Å². The van der Waals surface area contributed by atoms with E-state index in [2.05, 4.69) is 12.2 Å². The van der Waals surface area contributed by atoms with Gasteiger partial charge in [0.05, 0.1) is 26.4 Å². The minimum Gasteiger partial charge on any atom is -0.473 e. The van der Waals surface area contributed by atoms with Crippen LogP contribution in [-0.4, -0.2) is 62.3 Å². The van der Waals surface area contributed by atoms with E-state index >= 15 is 0 Å². The second-order valence-corrected chi connectivity index (χ2v) is 1.54. The highest BCUT2D eigenvalue weighted by Gasteiger charge is 1.62. The fourth-order valence-corrected chi connectivity index (χ4v) is 0. The van der Waals surface area contributed by atoms with E-state index in [9.17, 15) is 0 Å². The first kappa shape index (κ1) is 17.6. The molecule has 7 heteroatoms. The fourth-order valence-electron chi connectivity index (χ4n) is 0. The summed E-state index contributed by atoms with van der Waals surface area (Å²) in [5.74, 6) is 0. The molecule has 0 aliphatic heterocycles. The van der Waals surface area contributed by atoms with Gasteiger partial charge in [-0.05, 0) is 0 Å². The Kier molecular flexibility index (Phi) is 32.8. The largest absolute Gasteiger partial charge is 0.473 e. The van der Waals surface area contributed by atoms with Gasteiger partial charge < -0.3 is 30.6 Å². The topological polar surface area (TPSA) is 121 Å². The van der Waals surface area contributed by atoms with E-state index in [1.807, 2.05) is 0 Å². The van der Waals surface area contributed by atoms with Crippen molar-refractivity contribution in [2.75, 3.05) is 26.4 Å². The monoisotopic (exact) mass is 202 g/mol. The number of hydrogen-bond acceptors (Lipinski definition) is 5. The van der Waals surface area contributed by atoms with Crippen molar-refractivity contribution < 1.29 is 30.6 Å². The first-order valence-electron chi connectivity index (χ1n) is 2.92. The summed E-state index contributed by atoms with van der Waals surface area (Å²) in [5, 5.41) is 44.2. The van der Waals surface area contributed by atoms with Crippen molar-refractivity contribution in [3.05, 3.63) is 0 Å². The lowest BCUT2D eigenvalue weighted by Crippen LogP contribution is -1.85. The van der Waals surface area contributed by atoms with E-state index in [0.717, 1.165) is 0 Å². The van der Waals surface area contributed by atoms with Gasteiger partial charge in [-0.3, -0.25) is 0 Å². The molecule has 76 valence electrons. The van der Waals surface area contributed by atoms with Gasteiger partial charge in [-0.25, -0.2) is 0 Å². The maximum Gasteiger partial charge on any atom is 0.347 e. The van der Waals surface area contributed by atoms with Gasteiger partial charge in [0, 0.05) is 12.2 Å². The summed E-state index contributed by atoms with van der Waals surface area (Å²) in [7, 11) is 0. The molecule has 6 nitrogen and oxygen atoms in total. The molecule has 0 rings (SSSR count). The van der Waals surface area contributed by atoms with E-state index < -0.39 is 5.24 Å². The zero-order valence-electron chi connectivity index (χ0n) is 6.42. The van der Waals surface area contributed by atoms with Crippen molar-refractivity contribution in [3.63, 3.8) is 0 Å². The van der Waals surface area contributed by atoms with Gasteiger partial charge >= 0.3 is 5.24 Å². The summed E-state index contributed by atoms with van der Waals surface area (Å²) in [6.07, 6.45) is 0. The van der Waals surface area contributed by atoms with Crippen LogP contribution >= 0.6 is 12.2 Å². The standard InChI is InChI=1S/2C2H6O2.CH2O2S/c2*3-1-2-4;2-1(3)4/h2*3-4H,1-2H2;(H2,2,3,4). The number of aliphatic hydroxyl groups excluding tert-OH is 5. The molecule has 6 N–H and O–H groups in total. The second-order valence-electron chi connectivity index (χ2n) is 1.18. The number of thiocarbonyl (C=S) groups is 1. The molecule has 0 atom stereocenters. The van der Waals surface area contributed by atoms with Gasteiger partial charge in [0.1, 0.15) is 0 Å². The van der Waals surface area contributed by atoms with Crippen LogP contribution in [0.25, 0.3) is 0 Å². The quantitative estimate of drug-likeness (QED) is 0.296. The van der Waals surface area contributed by atoms with Gasteiger partial charge in [0.15, 0.2) is 0 Å². The average Bonchev–Trinajstić information content (AvgIpc) is 2.03. The van der Waals surface area contributed by atoms with Crippen LogP contribution in [-0.2, 0) is 0 Å².